The normalized spacial score (nSPS) is 14.3. The zero-order valence-corrected chi connectivity index (χ0v) is 9.94. The average Bonchev–Trinajstić information content (AvgIpc) is 2.28. The molecular weight excluding hydrogens is 226 g/mol. The summed E-state index contributed by atoms with van der Waals surface area (Å²) in [6, 6.07) is 5.52. The van der Waals surface area contributed by atoms with Crippen molar-refractivity contribution in [2.45, 2.75) is 25.0 Å². The van der Waals surface area contributed by atoms with Gasteiger partial charge in [-0.2, -0.15) is 0 Å². The maximum Gasteiger partial charge on any atom is 0.319 e. The van der Waals surface area contributed by atoms with Gasteiger partial charge < -0.3 is 5.11 Å². The molecular formula is C11H15NO3S. The monoisotopic (exact) mass is 241 g/mol. The smallest absolute Gasteiger partial charge is 0.319 e. The molecule has 88 valence electrons. The summed E-state index contributed by atoms with van der Waals surface area (Å²) in [5, 5.41) is 8.07. The van der Waals surface area contributed by atoms with Crippen molar-refractivity contribution in [1.29, 1.82) is 0 Å². The Morgan fingerprint density at radius 1 is 1.56 bits per heavy atom. The lowest BCUT2D eigenvalue weighted by Crippen LogP contribution is -2.27. The molecule has 2 atom stereocenters. The first-order valence-corrected chi connectivity index (χ1v) is 6.53. The van der Waals surface area contributed by atoms with Crippen LogP contribution in [0.2, 0.25) is 0 Å². The second-order valence-corrected chi connectivity index (χ2v) is 5.13. The van der Waals surface area contributed by atoms with Crippen molar-refractivity contribution in [3.8, 4) is 0 Å². The summed E-state index contributed by atoms with van der Waals surface area (Å²) < 4.78 is 11.7. The molecule has 0 radical (unpaired) electrons. The Balaban J connectivity index is 2.49. The zero-order valence-electron chi connectivity index (χ0n) is 9.13. The summed E-state index contributed by atoms with van der Waals surface area (Å²) in [4.78, 5) is 14.9. The fourth-order valence-corrected chi connectivity index (χ4v) is 2.66. The molecule has 0 bridgehead atoms. The minimum absolute atomic E-state index is 0.349. The van der Waals surface area contributed by atoms with Crippen LogP contribution in [0.3, 0.4) is 0 Å². The van der Waals surface area contributed by atoms with Crippen molar-refractivity contribution in [3.05, 3.63) is 30.1 Å². The number of carboxylic acids is 1. The first-order valence-electron chi connectivity index (χ1n) is 5.15. The van der Waals surface area contributed by atoms with E-state index in [1.807, 2.05) is 18.2 Å². The molecule has 1 aromatic rings. The molecule has 0 aliphatic rings. The van der Waals surface area contributed by atoms with Gasteiger partial charge in [0, 0.05) is 34.9 Å². The summed E-state index contributed by atoms with van der Waals surface area (Å²) in [5.74, 6) is -0.635. The topological polar surface area (TPSA) is 67.3 Å². The highest BCUT2D eigenvalue weighted by Crippen LogP contribution is 2.05. The van der Waals surface area contributed by atoms with Gasteiger partial charge in [0.1, 0.15) is 5.25 Å². The van der Waals surface area contributed by atoms with Gasteiger partial charge in [-0.3, -0.25) is 14.0 Å². The van der Waals surface area contributed by atoms with Gasteiger partial charge in [0.2, 0.25) is 0 Å². The van der Waals surface area contributed by atoms with Gasteiger partial charge >= 0.3 is 5.97 Å². The number of carbonyl (C=O) groups is 1. The zero-order chi connectivity index (χ0) is 12.0. The van der Waals surface area contributed by atoms with Crippen LogP contribution in [0.15, 0.2) is 24.4 Å². The summed E-state index contributed by atoms with van der Waals surface area (Å²) in [6.07, 6.45) is 2.62. The number of aryl methyl sites for hydroxylation is 1. The van der Waals surface area contributed by atoms with E-state index in [0.717, 1.165) is 5.69 Å². The molecule has 0 aliphatic heterocycles. The van der Waals surface area contributed by atoms with Crippen LogP contribution in [0, 0.1) is 0 Å². The quantitative estimate of drug-likeness (QED) is 0.813. The number of aliphatic carboxylic acids is 1. The number of aromatic nitrogens is 1. The molecule has 0 saturated carbocycles. The third kappa shape index (κ3) is 3.73. The van der Waals surface area contributed by atoms with Gasteiger partial charge in [0.15, 0.2) is 0 Å². The van der Waals surface area contributed by atoms with Crippen LogP contribution in [0.1, 0.15) is 19.0 Å². The number of carboxylic acid groups (broad SMARTS) is 1. The van der Waals surface area contributed by atoms with Crippen molar-refractivity contribution in [2.24, 2.45) is 0 Å². The fourth-order valence-electron chi connectivity index (χ4n) is 1.37. The molecule has 16 heavy (non-hydrogen) atoms. The van der Waals surface area contributed by atoms with Gasteiger partial charge in [-0.1, -0.05) is 13.0 Å². The minimum Gasteiger partial charge on any atom is -0.480 e. The molecule has 0 amide bonds. The van der Waals surface area contributed by atoms with Crippen LogP contribution in [0.25, 0.3) is 0 Å². The Hall–Kier alpha value is -1.23. The van der Waals surface area contributed by atoms with Crippen molar-refractivity contribution < 1.29 is 14.1 Å². The fraction of sp³-hybridized carbons (Fsp3) is 0.455. The van der Waals surface area contributed by atoms with E-state index in [1.54, 1.807) is 13.1 Å². The van der Waals surface area contributed by atoms with E-state index >= 15 is 0 Å². The summed E-state index contributed by atoms with van der Waals surface area (Å²) in [6.45, 7) is 1.73. The maximum absolute atomic E-state index is 11.7. The van der Waals surface area contributed by atoms with Crippen LogP contribution in [-0.2, 0) is 22.0 Å². The highest BCUT2D eigenvalue weighted by atomic mass is 32.2. The predicted octanol–water partition coefficient (Wildman–Crippen LogP) is 1.24. The van der Waals surface area contributed by atoms with Crippen LogP contribution < -0.4 is 0 Å². The average molecular weight is 241 g/mol. The van der Waals surface area contributed by atoms with E-state index in [2.05, 4.69) is 4.98 Å². The van der Waals surface area contributed by atoms with Crippen LogP contribution in [-0.4, -0.2) is 31.3 Å². The second-order valence-electron chi connectivity index (χ2n) is 3.39. The highest BCUT2D eigenvalue weighted by Gasteiger charge is 2.21. The number of nitrogens with zero attached hydrogens (tertiary/aromatic N) is 1. The lowest BCUT2D eigenvalue weighted by molar-refractivity contribution is -0.136. The van der Waals surface area contributed by atoms with E-state index in [-0.39, 0.29) is 0 Å². The van der Waals surface area contributed by atoms with E-state index in [1.165, 1.54) is 0 Å². The second kappa shape index (κ2) is 6.37. The standard InChI is InChI=1S/C11H15NO3S/c1-2-10(11(13)14)16(15)8-6-9-5-3-4-7-12-9/h3-5,7,10H,2,6,8H2,1H3,(H,13,14). The molecule has 1 N–H and O–H groups in total. The third-order valence-electron chi connectivity index (χ3n) is 2.25. The van der Waals surface area contributed by atoms with Crippen molar-refractivity contribution in [3.63, 3.8) is 0 Å². The molecule has 0 spiro atoms. The SMILES string of the molecule is CCC(C(=O)O)S(=O)CCc1ccccn1. The van der Waals surface area contributed by atoms with Gasteiger partial charge in [0.25, 0.3) is 0 Å². The van der Waals surface area contributed by atoms with Crippen molar-refractivity contribution in [1.82, 2.24) is 4.98 Å². The van der Waals surface area contributed by atoms with Crippen LogP contribution in [0.4, 0.5) is 0 Å². The Kier molecular flexibility index (Phi) is 5.11. The van der Waals surface area contributed by atoms with E-state index < -0.39 is 22.0 Å². The number of hydrogen-bond donors (Lipinski definition) is 1. The Labute approximate surface area is 97.2 Å². The minimum atomic E-state index is -1.33. The molecule has 0 fully saturated rings. The molecule has 1 heterocycles. The van der Waals surface area contributed by atoms with E-state index in [0.29, 0.717) is 18.6 Å². The number of pyridine rings is 1. The third-order valence-corrected chi connectivity index (χ3v) is 4.03. The van der Waals surface area contributed by atoms with Gasteiger partial charge in [-0.25, -0.2) is 0 Å². The summed E-state index contributed by atoms with van der Waals surface area (Å²) >= 11 is 0. The van der Waals surface area contributed by atoms with Gasteiger partial charge in [0.05, 0.1) is 0 Å². The molecule has 0 aromatic carbocycles. The van der Waals surface area contributed by atoms with Crippen molar-refractivity contribution in [2.75, 3.05) is 5.75 Å². The molecule has 5 heteroatoms. The number of rotatable bonds is 6. The maximum atomic E-state index is 11.7. The molecule has 0 aliphatic carbocycles. The lowest BCUT2D eigenvalue weighted by atomic mass is 10.3. The van der Waals surface area contributed by atoms with Crippen molar-refractivity contribution >= 4 is 16.8 Å². The largest absolute Gasteiger partial charge is 0.480 e. The molecule has 0 saturated heterocycles. The predicted molar refractivity (Wildman–Crippen MR) is 62.7 cm³/mol. The first-order chi connectivity index (χ1) is 7.65. The first kappa shape index (κ1) is 12.8. The van der Waals surface area contributed by atoms with E-state index in [9.17, 15) is 9.00 Å². The molecule has 4 nitrogen and oxygen atoms in total. The Morgan fingerprint density at radius 3 is 2.81 bits per heavy atom. The Morgan fingerprint density at radius 2 is 2.31 bits per heavy atom. The molecule has 2 unspecified atom stereocenters. The van der Waals surface area contributed by atoms with E-state index in [4.69, 9.17) is 5.11 Å². The van der Waals surface area contributed by atoms with Gasteiger partial charge in [-0.05, 0) is 18.6 Å². The lowest BCUT2D eigenvalue weighted by Gasteiger charge is -2.08. The summed E-state index contributed by atoms with van der Waals surface area (Å²) in [7, 11) is -1.33. The molecule has 1 rings (SSSR count). The van der Waals surface area contributed by atoms with Gasteiger partial charge in [-0.15, -0.1) is 0 Å². The summed E-state index contributed by atoms with van der Waals surface area (Å²) in [5.41, 5.74) is 0.844. The number of hydrogen-bond acceptors (Lipinski definition) is 3. The van der Waals surface area contributed by atoms with Crippen LogP contribution in [0.5, 0.6) is 0 Å². The highest BCUT2D eigenvalue weighted by molar-refractivity contribution is 7.86. The van der Waals surface area contributed by atoms with Crippen LogP contribution >= 0.6 is 0 Å². The molecule has 1 aromatic heterocycles. The Bertz CT molecular complexity index is 367.